The van der Waals surface area contributed by atoms with Crippen molar-refractivity contribution in [2.45, 2.75) is 40.2 Å². The molecule has 6 heteroatoms. The Hall–Kier alpha value is -2.24. The van der Waals surface area contributed by atoms with Gasteiger partial charge in [-0.1, -0.05) is 27.7 Å². The Bertz CT molecular complexity index is 750. The standard InChI is InChI=1S/C18H25N3O3/c1-11(2)9-19-17(22)10-21-14-8-16-15(23-5-6-24-16)7-13(14)20-18(21)12(3)4/h7-8,11-12H,5-6,9-10H2,1-4H3,(H,19,22). The first kappa shape index (κ1) is 16.6. The minimum atomic E-state index is -0.000195. The van der Waals surface area contributed by atoms with Gasteiger partial charge in [-0.15, -0.1) is 0 Å². The molecule has 2 heterocycles. The van der Waals surface area contributed by atoms with Crippen molar-refractivity contribution in [2.75, 3.05) is 19.8 Å². The Labute approximate surface area is 142 Å². The molecule has 0 aliphatic carbocycles. The first-order valence-electron chi connectivity index (χ1n) is 8.52. The summed E-state index contributed by atoms with van der Waals surface area (Å²) in [6, 6.07) is 3.83. The summed E-state index contributed by atoms with van der Waals surface area (Å²) >= 11 is 0. The number of amides is 1. The lowest BCUT2D eigenvalue weighted by molar-refractivity contribution is -0.121. The van der Waals surface area contributed by atoms with Gasteiger partial charge in [-0.05, 0) is 5.92 Å². The van der Waals surface area contributed by atoms with E-state index in [1.807, 2.05) is 16.7 Å². The van der Waals surface area contributed by atoms with Gasteiger partial charge in [0.25, 0.3) is 0 Å². The van der Waals surface area contributed by atoms with E-state index in [-0.39, 0.29) is 18.4 Å². The zero-order valence-corrected chi connectivity index (χ0v) is 14.8. The van der Waals surface area contributed by atoms with E-state index in [1.165, 1.54) is 0 Å². The van der Waals surface area contributed by atoms with E-state index in [2.05, 4.69) is 33.0 Å². The number of carbonyl (C=O) groups excluding carboxylic acids is 1. The van der Waals surface area contributed by atoms with Crippen molar-refractivity contribution in [1.29, 1.82) is 0 Å². The number of nitrogens with one attached hydrogen (secondary N) is 1. The number of ether oxygens (including phenoxy) is 2. The van der Waals surface area contributed by atoms with Crippen molar-refractivity contribution >= 4 is 16.9 Å². The third kappa shape index (κ3) is 3.32. The second-order valence-electron chi connectivity index (χ2n) is 6.89. The van der Waals surface area contributed by atoms with Crippen LogP contribution in [-0.4, -0.2) is 35.2 Å². The van der Waals surface area contributed by atoms with Gasteiger partial charge in [0.1, 0.15) is 25.6 Å². The minimum Gasteiger partial charge on any atom is -0.486 e. The monoisotopic (exact) mass is 331 g/mol. The van der Waals surface area contributed by atoms with E-state index in [9.17, 15) is 4.79 Å². The van der Waals surface area contributed by atoms with Crippen LogP contribution in [0.2, 0.25) is 0 Å². The molecule has 1 amide bonds. The predicted octanol–water partition coefficient (Wildman–Crippen LogP) is 2.70. The lowest BCUT2D eigenvalue weighted by Crippen LogP contribution is -2.31. The van der Waals surface area contributed by atoms with Gasteiger partial charge in [0, 0.05) is 24.6 Å². The molecule has 130 valence electrons. The van der Waals surface area contributed by atoms with E-state index < -0.39 is 0 Å². The molecule has 0 fully saturated rings. The van der Waals surface area contributed by atoms with Crippen molar-refractivity contribution in [3.63, 3.8) is 0 Å². The number of hydrogen-bond acceptors (Lipinski definition) is 4. The van der Waals surface area contributed by atoms with Crippen LogP contribution in [0.5, 0.6) is 11.5 Å². The largest absolute Gasteiger partial charge is 0.486 e. The molecule has 0 saturated heterocycles. The smallest absolute Gasteiger partial charge is 0.240 e. The summed E-state index contributed by atoms with van der Waals surface area (Å²) in [5.74, 6) is 2.97. The van der Waals surface area contributed by atoms with E-state index in [0.717, 1.165) is 22.6 Å². The van der Waals surface area contributed by atoms with Crippen molar-refractivity contribution in [1.82, 2.24) is 14.9 Å². The van der Waals surface area contributed by atoms with Crippen LogP contribution in [-0.2, 0) is 11.3 Å². The molecule has 24 heavy (non-hydrogen) atoms. The number of aromatic nitrogens is 2. The first-order chi connectivity index (χ1) is 11.5. The van der Waals surface area contributed by atoms with Gasteiger partial charge in [-0.3, -0.25) is 4.79 Å². The first-order valence-corrected chi connectivity index (χ1v) is 8.52. The van der Waals surface area contributed by atoms with E-state index in [0.29, 0.717) is 31.4 Å². The van der Waals surface area contributed by atoms with Gasteiger partial charge >= 0.3 is 0 Å². The fourth-order valence-corrected chi connectivity index (χ4v) is 2.80. The molecule has 6 nitrogen and oxygen atoms in total. The Morgan fingerprint density at radius 2 is 1.88 bits per heavy atom. The zero-order chi connectivity index (χ0) is 17.3. The highest BCUT2D eigenvalue weighted by Crippen LogP contribution is 2.35. The highest BCUT2D eigenvalue weighted by molar-refractivity contribution is 5.84. The van der Waals surface area contributed by atoms with Crippen molar-refractivity contribution < 1.29 is 14.3 Å². The Morgan fingerprint density at radius 3 is 2.50 bits per heavy atom. The number of hydrogen-bond donors (Lipinski definition) is 1. The summed E-state index contributed by atoms with van der Waals surface area (Å²) in [6.45, 7) is 10.3. The summed E-state index contributed by atoms with van der Waals surface area (Å²) in [7, 11) is 0. The average Bonchev–Trinajstić information content (AvgIpc) is 2.89. The summed E-state index contributed by atoms with van der Waals surface area (Å²) in [6.07, 6.45) is 0. The third-order valence-corrected chi connectivity index (χ3v) is 3.97. The molecule has 0 saturated carbocycles. The molecule has 0 spiro atoms. The SMILES string of the molecule is CC(C)CNC(=O)Cn1c(C(C)C)nc2cc3c(cc21)OCCO3. The summed E-state index contributed by atoms with van der Waals surface area (Å²) in [4.78, 5) is 17.0. The van der Waals surface area contributed by atoms with Crippen LogP contribution in [0.1, 0.15) is 39.4 Å². The summed E-state index contributed by atoms with van der Waals surface area (Å²) in [5.41, 5.74) is 1.74. The van der Waals surface area contributed by atoms with Crippen molar-refractivity contribution in [3.05, 3.63) is 18.0 Å². The van der Waals surface area contributed by atoms with Gasteiger partial charge in [-0.2, -0.15) is 0 Å². The number of imidazole rings is 1. The minimum absolute atomic E-state index is 0.000195. The molecular formula is C18H25N3O3. The van der Waals surface area contributed by atoms with Gasteiger partial charge in [0.2, 0.25) is 5.91 Å². The van der Waals surface area contributed by atoms with Crippen LogP contribution in [0, 0.1) is 5.92 Å². The average molecular weight is 331 g/mol. The second kappa shape index (κ2) is 6.71. The third-order valence-electron chi connectivity index (χ3n) is 3.97. The molecule has 1 aromatic carbocycles. The molecule has 2 aromatic rings. The molecule has 1 aliphatic heterocycles. The maximum Gasteiger partial charge on any atom is 0.240 e. The fraction of sp³-hybridized carbons (Fsp3) is 0.556. The lowest BCUT2D eigenvalue weighted by Gasteiger charge is -2.18. The van der Waals surface area contributed by atoms with Crippen LogP contribution in [0.25, 0.3) is 11.0 Å². The Morgan fingerprint density at radius 1 is 1.21 bits per heavy atom. The van der Waals surface area contributed by atoms with Crippen molar-refractivity contribution in [3.8, 4) is 11.5 Å². The molecule has 0 radical (unpaired) electrons. The molecule has 0 bridgehead atoms. The van der Waals surface area contributed by atoms with Crippen LogP contribution >= 0.6 is 0 Å². The van der Waals surface area contributed by atoms with E-state index in [4.69, 9.17) is 14.5 Å². The number of nitrogens with zero attached hydrogens (tertiary/aromatic N) is 2. The van der Waals surface area contributed by atoms with Gasteiger partial charge in [-0.25, -0.2) is 4.98 Å². The summed E-state index contributed by atoms with van der Waals surface area (Å²) in [5, 5.41) is 2.97. The van der Waals surface area contributed by atoms with Crippen LogP contribution in [0.15, 0.2) is 12.1 Å². The molecule has 1 aliphatic rings. The van der Waals surface area contributed by atoms with Gasteiger partial charge < -0.3 is 19.4 Å². The molecular weight excluding hydrogens is 306 g/mol. The number of rotatable bonds is 5. The highest BCUT2D eigenvalue weighted by atomic mass is 16.6. The number of carbonyl (C=O) groups is 1. The predicted molar refractivity (Wildman–Crippen MR) is 92.7 cm³/mol. The Balaban J connectivity index is 1.97. The lowest BCUT2D eigenvalue weighted by atomic mass is 10.2. The maximum absolute atomic E-state index is 12.3. The number of benzene rings is 1. The quantitative estimate of drug-likeness (QED) is 0.915. The van der Waals surface area contributed by atoms with Crippen LogP contribution < -0.4 is 14.8 Å². The summed E-state index contributed by atoms with van der Waals surface area (Å²) < 4.78 is 13.3. The van der Waals surface area contributed by atoms with Crippen molar-refractivity contribution in [2.24, 2.45) is 5.92 Å². The zero-order valence-electron chi connectivity index (χ0n) is 14.8. The van der Waals surface area contributed by atoms with Gasteiger partial charge in [0.15, 0.2) is 11.5 Å². The van der Waals surface area contributed by atoms with E-state index in [1.54, 1.807) is 0 Å². The molecule has 1 N–H and O–H groups in total. The molecule has 1 aromatic heterocycles. The number of fused-ring (bicyclic) bond motifs is 2. The molecule has 0 atom stereocenters. The van der Waals surface area contributed by atoms with Gasteiger partial charge in [0.05, 0.1) is 11.0 Å². The Kier molecular flexibility index (Phi) is 4.64. The molecule has 3 rings (SSSR count). The van der Waals surface area contributed by atoms with Crippen LogP contribution in [0.3, 0.4) is 0 Å². The highest BCUT2D eigenvalue weighted by Gasteiger charge is 2.20. The molecule has 0 unspecified atom stereocenters. The topological polar surface area (TPSA) is 65.4 Å². The van der Waals surface area contributed by atoms with Crippen LogP contribution in [0.4, 0.5) is 0 Å². The second-order valence-corrected chi connectivity index (χ2v) is 6.89. The fourth-order valence-electron chi connectivity index (χ4n) is 2.80. The normalized spacial score (nSPS) is 13.8. The van der Waals surface area contributed by atoms with E-state index >= 15 is 0 Å². The maximum atomic E-state index is 12.3.